The average molecular weight is 311 g/mol. The highest BCUT2D eigenvalue weighted by Crippen LogP contribution is 2.24. The molecule has 4 nitrogen and oxygen atoms in total. The van der Waals surface area contributed by atoms with E-state index in [9.17, 15) is 0 Å². The highest BCUT2D eigenvalue weighted by Gasteiger charge is 2.19. The summed E-state index contributed by atoms with van der Waals surface area (Å²) >= 11 is 6.13. The van der Waals surface area contributed by atoms with Crippen LogP contribution in [0.4, 0.5) is 0 Å². The zero-order chi connectivity index (χ0) is 15.4. The van der Waals surface area contributed by atoms with Crippen LogP contribution >= 0.6 is 11.6 Å². The molecule has 1 atom stereocenters. The second kappa shape index (κ2) is 7.30. The van der Waals surface area contributed by atoms with Gasteiger partial charge in [-0.2, -0.15) is 5.10 Å². The number of unbranched alkanes of at least 4 members (excludes halogenated alkanes) is 1. The van der Waals surface area contributed by atoms with E-state index in [0.29, 0.717) is 11.8 Å². The summed E-state index contributed by atoms with van der Waals surface area (Å²) < 4.78 is 4.36. The lowest BCUT2D eigenvalue weighted by atomic mass is 9.99. The summed E-state index contributed by atoms with van der Waals surface area (Å²) in [7, 11) is 0. The van der Waals surface area contributed by atoms with Gasteiger partial charge in [-0.1, -0.05) is 33.1 Å². The SMILES string of the molecule is CCCCC(CC)Cn1c(CCl)nc2c(C)nn(CC)c21. The molecule has 0 aliphatic carbocycles. The van der Waals surface area contributed by atoms with Gasteiger partial charge in [0.05, 0.1) is 11.6 Å². The zero-order valence-electron chi connectivity index (χ0n) is 13.7. The van der Waals surface area contributed by atoms with Crippen LogP contribution in [0.3, 0.4) is 0 Å². The molecule has 5 heteroatoms. The van der Waals surface area contributed by atoms with Crippen molar-refractivity contribution < 1.29 is 0 Å². The lowest BCUT2D eigenvalue weighted by molar-refractivity contribution is 0.388. The Hall–Kier alpha value is -1.03. The molecular formula is C16H27ClN4. The minimum Gasteiger partial charge on any atom is -0.312 e. The van der Waals surface area contributed by atoms with Crippen LogP contribution in [0, 0.1) is 12.8 Å². The van der Waals surface area contributed by atoms with Crippen molar-refractivity contribution in [2.24, 2.45) is 5.92 Å². The van der Waals surface area contributed by atoms with Crippen molar-refractivity contribution in [1.82, 2.24) is 19.3 Å². The molecule has 0 aliphatic heterocycles. The van der Waals surface area contributed by atoms with Gasteiger partial charge in [-0.05, 0) is 26.2 Å². The fourth-order valence-corrected chi connectivity index (χ4v) is 3.16. The smallest absolute Gasteiger partial charge is 0.158 e. The number of hydrogen-bond donors (Lipinski definition) is 0. The molecule has 21 heavy (non-hydrogen) atoms. The third kappa shape index (κ3) is 3.25. The number of aromatic nitrogens is 4. The second-order valence-corrected chi connectivity index (χ2v) is 6.03. The Morgan fingerprint density at radius 1 is 1.24 bits per heavy atom. The number of alkyl halides is 1. The number of imidazole rings is 1. The number of nitrogens with zero attached hydrogens (tertiary/aromatic N) is 4. The maximum Gasteiger partial charge on any atom is 0.158 e. The van der Waals surface area contributed by atoms with E-state index < -0.39 is 0 Å². The van der Waals surface area contributed by atoms with Gasteiger partial charge in [0.15, 0.2) is 5.65 Å². The predicted octanol–water partition coefficient (Wildman–Crippen LogP) is 4.52. The minimum atomic E-state index is 0.460. The Morgan fingerprint density at radius 2 is 2.00 bits per heavy atom. The minimum absolute atomic E-state index is 0.460. The van der Waals surface area contributed by atoms with Gasteiger partial charge in [0.2, 0.25) is 0 Å². The molecule has 0 aliphatic rings. The monoisotopic (exact) mass is 310 g/mol. The van der Waals surface area contributed by atoms with E-state index >= 15 is 0 Å². The third-order valence-corrected chi connectivity index (χ3v) is 4.52. The fourth-order valence-electron chi connectivity index (χ4n) is 2.96. The van der Waals surface area contributed by atoms with Crippen molar-refractivity contribution in [3.05, 3.63) is 11.5 Å². The lowest BCUT2D eigenvalue weighted by Gasteiger charge is -2.17. The highest BCUT2D eigenvalue weighted by molar-refractivity contribution is 6.16. The van der Waals surface area contributed by atoms with Crippen LogP contribution in [0.15, 0.2) is 0 Å². The van der Waals surface area contributed by atoms with E-state index in [1.54, 1.807) is 0 Å². The van der Waals surface area contributed by atoms with Crippen molar-refractivity contribution in [3.63, 3.8) is 0 Å². The molecule has 2 aromatic heterocycles. The molecule has 0 saturated carbocycles. The number of hydrogen-bond acceptors (Lipinski definition) is 2. The van der Waals surface area contributed by atoms with Crippen molar-refractivity contribution in [2.75, 3.05) is 0 Å². The van der Waals surface area contributed by atoms with E-state index in [0.717, 1.165) is 35.8 Å². The summed E-state index contributed by atoms with van der Waals surface area (Å²) in [6.45, 7) is 10.5. The van der Waals surface area contributed by atoms with Gasteiger partial charge in [-0.25, -0.2) is 9.67 Å². The first-order valence-electron chi connectivity index (χ1n) is 8.14. The Morgan fingerprint density at radius 3 is 2.57 bits per heavy atom. The molecule has 2 rings (SSSR count). The molecule has 0 N–H and O–H groups in total. The molecule has 0 radical (unpaired) electrons. The maximum absolute atomic E-state index is 6.13. The van der Waals surface area contributed by atoms with Gasteiger partial charge in [0.25, 0.3) is 0 Å². The largest absolute Gasteiger partial charge is 0.312 e. The first-order chi connectivity index (χ1) is 10.2. The molecule has 0 bridgehead atoms. The van der Waals surface area contributed by atoms with Crippen LogP contribution < -0.4 is 0 Å². The maximum atomic E-state index is 6.13. The molecule has 2 heterocycles. The van der Waals surface area contributed by atoms with Gasteiger partial charge in [0.1, 0.15) is 11.3 Å². The van der Waals surface area contributed by atoms with Crippen LogP contribution in [0.1, 0.15) is 58.0 Å². The molecule has 1 unspecified atom stereocenters. The van der Waals surface area contributed by atoms with Crippen molar-refractivity contribution in [2.45, 2.75) is 72.3 Å². The van der Waals surface area contributed by atoms with Gasteiger partial charge in [-0.15, -0.1) is 11.6 Å². The Balaban J connectivity index is 2.40. The first-order valence-corrected chi connectivity index (χ1v) is 8.68. The first kappa shape index (κ1) is 16.3. The van der Waals surface area contributed by atoms with Crippen LogP contribution in [-0.2, 0) is 19.0 Å². The van der Waals surface area contributed by atoms with Gasteiger partial charge in [0, 0.05) is 13.1 Å². The van der Waals surface area contributed by atoms with E-state index in [4.69, 9.17) is 16.6 Å². The molecule has 118 valence electrons. The van der Waals surface area contributed by atoms with E-state index in [1.165, 1.54) is 25.7 Å². The Kier molecular flexibility index (Phi) is 5.68. The van der Waals surface area contributed by atoms with E-state index in [-0.39, 0.29) is 0 Å². The van der Waals surface area contributed by atoms with Crippen molar-refractivity contribution >= 4 is 22.8 Å². The van der Waals surface area contributed by atoms with Crippen LogP contribution in [0.25, 0.3) is 11.2 Å². The van der Waals surface area contributed by atoms with E-state index in [2.05, 4.69) is 35.1 Å². The number of fused-ring (bicyclic) bond motifs is 1. The van der Waals surface area contributed by atoms with Crippen LogP contribution in [-0.4, -0.2) is 19.3 Å². The number of halogens is 1. The zero-order valence-corrected chi connectivity index (χ0v) is 14.4. The standard InChI is InChI=1S/C16H27ClN4/c1-5-8-9-13(6-2)11-20-14(10-17)18-15-12(4)19-21(7-3)16(15)20/h13H,5-11H2,1-4H3. The third-order valence-electron chi connectivity index (χ3n) is 4.28. The Labute approximate surface area is 132 Å². The number of rotatable bonds is 8. The Bertz CT molecular complexity index is 585. The van der Waals surface area contributed by atoms with Gasteiger partial charge in [-0.3, -0.25) is 0 Å². The molecule has 0 saturated heterocycles. The average Bonchev–Trinajstić information content (AvgIpc) is 3.01. The van der Waals surface area contributed by atoms with E-state index in [1.807, 2.05) is 6.92 Å². The van der Waals surface area contributed by atoms with Gasteiger partial charge >= 0.3 is 0 Å². The summed E-state index contributed by atoms with van der Waals surface area (Å²) in [4.78, 5) is 4.71. The fraction of sp³-hybridized carbons (Fsp3) is 0.750. The van der Waals surface area contributed by atoms with Crippen molar-refractivity contribution in [1.29, 1.82) is 0 Å². The molecule has 0 spiro atoms. The number of aryl methyl sites for hydroxylation is 2. The quantitative estimate of drug-likeness (QED) is 0.672. The predicted molar refractivity (Wildman–Crippen MR) is 88.8 cm³/mol. The lowest BCUT2D eigenvalue weighted by Crippen LogP contribution is -2.14. The van der Waals surface area contributed by atoms with Crippen molar-refractivity contribution in [3.8, 4) is 0 Å². The summed E-state index contributed by atoms with van der Waals surface area (Å²) in [5, 5.41) is 4.59. The van der Waals surface area contributed by atoms with Crippen LogP contribution in [0.2, 0.25) is 0 Å². The summed E-state index contributed by atoms with van der Waals surface area (Å²) in [5.41, 5.74) is 3.15. The van der Waals surface area contributed by atoms with Gasteiger partial charge < -0.3 is 4.57 Å². The molecule has 0 amide bonds. The molecule has 0 aromatic carbocycles. The molecule has 2 aromatic rings. The highest BCUT2D eigenvalue weighted by atomic mass is 35.5. The summed E-state index contributed by atoms with van der Waals surface area (Å²) in [5.74, 6) is 2.12. The second-order valence-electron chi connectivity index (χ2n) is 5.76. The van der Waals surface area contributed by atoms with Crippen LogP contribution in [0.5, 0.6) is 0 Å². The molecule has 0 fully saturated rings. The molecular weight excluding hydrogens is 284 g/mol. The topological polar surface area (TPSA) is 35.6 Å². The summed E-state index contributed by atoms with van der Waals surface area (Å²) in [6.07, 6.45) is 5.01. The summed E-state index contributed by atoms with van der Waals surface area (Å²) in [6, 6.07) is 0. The normalized spacial score (nSPS) is 13.2.